The van der Waals surface area contributed by atoms with E-state index in [1.807, 2.05) is 24.8 Å². The molecule has 6 nitrogen and oxygen atoms in total. The zero-order valence-corrected chi connectivity index (χ0v) is 14.2. The molecule has 1 aliphatic heterocycles. The fraction of sp³-hybridized carbons (Fsp3) is 0.500. The highest BCUT2D eigenvalue weighted by molar-refractivity contribution is 5.97. The molecule has 0 aromatic carbocycles. The Labute approximate surface area is 141 Å². The number of pyridine rings is 1. The number of carbonyl (C=O) groups excluding carboxylic acids is 1. The predicted molar refractivity (Wildman–Crippen MR) is 91.7 cm³/mol. The Morgan fingerprint density at radius 2 is 2.12 bits per heavy atom. The lowest BCUT2D eigenvalue weighted by Crippen LogP contribution is -2.48. The molecule has 3 rings (SSSR count). The Kier molecular flexibility index (Phi) is 4.81. The molecule has 2 aromatic rings. The Balaban J connectivity index is 1.73. The number of rotatable bonds is 4. The Hall–Kier alpha value is -2.39. The van der Waals surface area contributed by atoms with Crippen LogP contribution < -0.4 is 0 Å². The van der Waals surface area contributed by atoms with Crippen LogP contribution in [0.4, 0.5) is 0 Å². The van der Waals surface area contributed by atoms with Gasteiger partial charge in [0, 0.05) is 45.3 Å². The van der Waals surface area contributed by atoms with Gasteiger partial charge in [0.2, 0.25) is 0 Å². The summed E-state index contributed by atoms with van der Waals surface area (Å²) in [5.41, 5.74) is 1.91. The molecule has 0 bridgehead atoms. The summed E-state index contributed by atoms with van der Waals surface area (Å²) in [6.45, 7) is 8.11. The second kappa shape index (κ2) is 7.02. The van der Waals surface area contributed by atoms with E-state index in [1.165, 1.54) is 0 Å². The van der Waals surface area contributed by atoms with E-state index in [1.54, 1.807) is 6.20 Å². The minimum atomic E-state index is 0.0110. The van der Waals surface area contributed by atoms with Crippen LogP contribution in [0.3, 0.4) is 0 Å². The fourth-order valence-corrected chi connectivity index (χ4v) is 2.96. The molecule has 1 fully saturated rings. The number of piperazine rings is 1. The fourth-order valence-electron chi connectivity index (χ4n) is 2.96. The minimum absolute atomic E-state index is 0.0110. The van der Waals surface area contributed by atoms with E-state index in [-0.39, 0.29) is 11.8 Å². The van der Waals surface area contributed by atoms with E-state index in [0.29, 0.717) is 24.4 Å². The standard InChI is InChI=1S/C18H22N4O2/c1-4-5-6-21-7-9-22(10-8-21)18(23)14-11-15-16(13(2)3)20-24-17(15)19-12-14/h1,11-13H,5-10H2,2-3H3. The maximum Gasteiger partial charge on any atom is 0.257 e. The molecule has 1 aliphatic rings. The van der Waals surface area contributed by atoms with Crippen molar-refractivity contribution in [3.05, 3.63) is 23.5 Å². The molecule has 24 heavy (non-hydrogen) atoms. The third-order valence-corrected chi connectivity index (χ3v) is 4.38. The maximum absolute atomic E-state index is 12.8. The Morgan fingerprint density at radius 3 is 2.79 bits per heavy atom. The van der Waals surface area contributed by atoms with Gasteiger partial charge in [-0.15, -0.1) is 12.3 Å². The molecule has 126 valence electrons. The van der Waals surface area contributed by atoms with Gasteiger partial charge in [0.1, 0.15) is 0 Å². The van der Waals surface area contributed by atoms with Crippen LogP contribution in [0.5, 0.6) is 0 Å². The number of terminal acetylenes is 1. The van der Waals surface area contributed by atoms with Crippen LogP contribution in [0, 0.1) is 12.3 Å². The highest BCUT2D eigenvalue weighted by Crippen LogP contribution is 2.24. The number of nitrogens with zero attached hydrogens (tertiary/aromatic N) is 4. The SMILES string of the molecule is C#CCCN1CCN(C(=O)c2cnc3onc(C(C)C)c3c2)CC1. The molecular weight excluding hydrogens is 304 g/mol. The number of carbonyl (C=O) groups is 1. The van der Waals surface area contributed by atoms with Gasteiger partial charge >= 0.3 is 0 Å². The highest BCUT2D eigenvalue weighted by atomic mass is 16.5. The van der Waals surface area contributed by atoms with Crippen LogP contribution in [-0.2, 0) is 0 Å². The molecule has 0 atom stereocenters. The number of fused-ring (bicyclic) bond motifs is 1. The summed E-state index contributed by atoms with van der Waals surface area (Å²) >= 11 is 0. The molecule has 0 N–H and O–H groups in total. The van der Waals surface area contributed by atoms with E-state index < -0.39 is 0 Å². The molecule has 1 amide bonds. The summed E-state index contributed by atoms with van der Waals surface area (Å²) in [5.74, 6) is 2.89. The van der Waals surface area contributed by atoms with Crippen LogP contribution in [-0.4, -0.2) is 58.6 Å². The van der Waals surface area contributed by atoms with Crippen molar-refractivity contribution in [2.45, 2.75) is 26.2 Å². The molecule has 0 spiro atoms. The third kappa shape index (κ3) is 3.26. The van der Waals surface area contributed by atoms with E-state index in [2.05, 4.69) is 21.0 Å². The lowest BCUT2D eigenvalue weighted by Gasteiger charge is -2.34. The molecule has 0 radical (unpaired) electrons. The van der Waals surface area contributed by atoms with Crippen LogP contribution in [0.1, 0.15) is 42.2 Å². The zero-order chi connectivity index (χ0) is 17.1. The van der Waals surface area contributed by atoms with Gasteiger partial charge in [-0.3, -0.25) is 9.69 Å². The van der Waals surface area contributed by atoms with Crippen molar-refractivity contribution in [2.75, 3.05) is 32.7 Å². The van der Waals surface area contributed by atoms with Crippen LogP contribution in [0.2, 0.25) is 0 Å². The van der Waals surface area contributed by atoms with Crippen LogP contribution in [0.15, 0.2) is 16.8 Å². The summed E-state index contributed by atoms with van der Waals surface area (Å²) in [7, 11) is 0. The molecule has 6 heteroatoms. The van der Waals surface area contributed by atoms with Crippen molar-refractivity contribution in [3.63, 3.8) is 0 Å². The van der Waals surface area contributed by atoms with Gasteiger partial charge in [0.15, 0.2) is 0 Å². The predicted octanol–water partition coefficient (Wildman–Crippen LogP) is 2.13. The topological polar surface area (TPSA) is 62.5 Å². The Bertz CT molecular complexity index is 767. The molecule has 0 unspecified atom stereocenters. The maximum atomic E-state index is 12.8. The van der Waals surface area contributed by atoms with Crippen molar-refractivity contribution >= 4 is 17.0 Å². The lowest BCUT2D eigenvalue weighted by atomic mass is 10.1. The average molecular weight is 326 g/mol. The number of hydrogen-bond acceptors (Lipinski definition) is 5. The zero-order valence-electron chi connectivity index (χ0n) is 14.2. The van der Waals surface area contributed by atoms with Gasteiger partial charge < -0.3 is 9.42 Å². The van der Waals surface area contributed by atoms with Crippen LogP contribution >= 0.6 is 0 Å². The van der Waals surface area contributed by atoms with E-state index in [4.69, 9.17) is 10.9 Å². The van der Waals surface area contributed by atoms with Crippen molar-refractivity contribution in [3.8, 4) is 12.3 Å². The normalized spacial score (nSPS) is 15.8. The summed E-state index contributed by atoms with van der Waals surface area (Å²) in [6.07, 6.45) is 7.63. The summed E-state index contributed by atoms with van der Waals surface area (Å²) < 4.78 is 5.23. The second-order valence-electron chi connectivity index (χ2n) is 6.39. The van der Waals surface area contributed by atoms with Gasteiger partial charge in [0.25, 0.3) is 11.6 Å². The summed E-state index contributed by atoms with van der Waals surface area (Å²) in [5, 5.41) is 4.88. The summed E-state index contributed by atoms with van der Waals surface area (Å²) in [4.78, 5) is 21.2. The molecule has 2 aromatic heterocycles. The molecule has 3 heterocycles. The van der Waals surface area contributed by atoms with Crippen LogP contribution in [0.25, 0.3) is 11.1 Å². The Morgan fingerprint density at radius 1 is 1.38 bits per heavy atom. The molecule has 0 saturated carbocycles. The molecular formula is C18H22N4O2. The third-order valence-electron chi connectivity index (χ3n) is 4.38. The van der Waals surface area contributed by atoms with Crippen molar-refractivity contribution in [1.29, 1.82) is 0 Å². The smallest absolute Gasteiger partial charge is 0.257 e. The number of amides is 1. The molecule has 1 saturated heterocycles. The van der Waals surface area contributed by atoms with Gasteiger partial charge in [-0.25, -0.2) is 4.98 Å². The van der Waals surface area contributed by atoms with Gasteiger partial charge in [-0.05, 0) is 12.0 Å². The summed E-state index contributed by atoms with van der Waals surface area (Å²) in [6, 6.07) is 1.85. The van der Waals surface area contributed by atoms with Crippen molar-refractivity contribution in [1.82, 2.24) is 19.9 Å². The first-order chi connectivity index (χ1) is 11.6. The van der Waals surface area contributed by atoms with E-state index in [9.17, 15) is 4.79 Å². The largest absolute Gasteiger partial charge is 0.336 e. The number of aromatic nitrogens is 2. The number of hydrogen-bond donors (Lipinski definition) is 0. The first-order valence-electron chi connectivity index (χ1n) is 8.30. The second-order valence-corrected chi connectivity index (χ2v) is 6.39. The van der Waals surface area contributed by atoms with E-state index in [0.717, 1.165) is 37.1 Å². The molecule has 0 aliphatic carbocycles. The van der Waals surface area contributed by atoms with Gasteiger partial charge in [-0.1, -0.05) is 19.0 Å². The average Bonchev–Trinajstić information content (AvgIpc) is 3.03. The van der Waals surface area contributed by atoms with Crippen molar-refractivity contribution in [2.24, 2.45) is 0 Å². The van der Waals surface area contributed by atoms with Gasteiger partial charge in [-0.2, -0.15) is 0 Å². The van der Waals surface area contributed by atoms with E-state index >= 15 is 0 Å². The highest BCUT2D eigenvalue weighted by Gasteiger charge is 2.23. The first-order valence-corrected chi connectivity index (χ1v) is 8.30. The monoisotopic (exact) mass is 326 g/mol. The lowest BCUT2D eigenvalue weighted by molar-refractivity contribution is 0.0639. The van der Waals surface area contributed by atoms with Crippen molar-refractivity contribution < 1.29 is 9.32 Å². The van der Waals surface area contributed by atoms with Gasteiger partial charge in [0.05, 0.1) is 16.6 Å². The quantitative estimate of drug-likeness (QED) is 0.806. The minimum Gasteiger partial charge on any atom is -0.336 e. The first kappa shape index (κ1) is 16.5.